The van der Waals surface area contributed by atoms with Crippen LogP contribution in [0.2, 0.25) is 0 Å². The highest BCUT2D eigenvalue weighted by molar-refractivity contribution is 5.86. The minimum atomic E-state index is -1.07. The van der Waals surface area contributed by atoms with Crippen molar-refractivity contribution in [2.45, 2.75) is 0 Å². The van der Waals surface area contributed by atoms with Gasteiger partial charge in [0.25, 0.3) is 0 Å². The van der Waals surface area contributed by atoms with E-state index >= 15 is 0 Å². The van der Waals surface area contributed by atoms with Crippen LogP contribution < -0.4 is 4.74 Å². The summed E-state index contributed by atoms with van der Waals surface area (Å²) in [6, 6.07) is 8.82. The van der Waals surface area contributed by atoms with E-state index in [-0.39, 0.29) is 5.76 Å². The first-order valence-electron chi connectivity index (χ1n) is 4.67. The quantitative estimate of drug-likeness (QED) is 0.860. The fraction of sp³-hybridized carbons (Fsp3) is 0.0833. The zero-order valence-corrected chi connectivity index (χ0v) is 8.64. The monoisotopic (exact) mass is 218 g/mol. The molecule has 0 bridgehead atoms. The standard InChI is InChI=1S/C12H10O4/c1-15-10-4-2-3-8(5-10)9-6-11(12(13)14)16-7-9/h2-7H,1H3,(H,13,14). The van der Waals surface area contributed by atoms with Crippen molar-refractivity contribution in [2.75, 3.05) is 7.11 Å². The summed E-state index contributed by atoms with van der Waals surface area (Å²) in [5.74, 6) is -0.428. The highest BCUT2D eigenvalue weighted by Crippen LogP contribution is 2.25. The Morgan fingerprint density at radius 3 is 2.75 bits per heavy atom. The van der Waals surface area contributed by atoms with Gasteiger partial charge in [-0.25, -0.2) is 4.79 Å². The topological polar surface area (TPSA) is 59.7 Å². The lowest BCUT2D eigenvalue weighted by atomic mass is 10.1. The number of hydrogen-bond donors (Lipinski definition) is 1. The summed E-state index contributed by atoms with van der Waals surface area (Å²) in [7, 11) is 1.58. The molecule has 2 aromatic rings. The zero-order chi connectivity index (χ0) is 11.5. The second-order valence-corrected chi connectivity index (χ2v) is 3.24. The van der Waals surface area contributed by atoms with Crippen LogP contribution in [0.25, 0.3) is 11.1 Å². The summed E-state index contributed by atoms with van der Waals surface area (Å²) in [4.78, 5) is 10.7. The molecule has 4 nitrogen and oxygen atoms in total. The van der Waals surface area contributed by atoms with Gasteiger partial charge in [-0.1, -0.05) is 12.1 Å². The summed E-state index contributed by atoms with van der Waals surface area (Å²) in [6.07, 6.45) is 1.41. The van der Waals surface area contributed by atoms with E-state index in [1.165, 1.54) is 12.3 Å². The Morgan fingerprint density at radius 2 is 2.12 bits per heavy atom. The van der Waals surface area contributed by atoms with Gasteiger partial charge in [-0.2, -0.15) is 0 Å². The van der Waals surface area contributed by atoms with Crippen LogP contribution in [0.5, 0.6) is 5.75 Å². The molecule has 0 atom stereocenters. The van der Waals surface area contributed by atoms with Gasteiger partial charge in [0.2, 0.25) is 5.76 Å². The smallest absolute Gasteiger partial charge is 0.371 e. The molecule has 0 saturated heterocycles. The maximum Gasteiger partial charge on any atom is 0.371 e. The van der Waals surface area contributed by atoms with Crippen molar-refractivity contribution >= 4 is 5.97 Å². The molecule has 0 spiro atoms. The molecule has 82 valence electrons. The van der Waals surface area contributed by atoms with Crippen molar-refractivity contribution in [3.8, 4) is 16.9 Å². The number of furan rings is 1. The fourth-order valence-corrected chi connectivity index (χ4v) is 1.40. The molecular formula is C12H10O4. The molecule has 0 aliphatic carbocycles. The maximum atomic E-state index is 10.7. The van der Waals surface area contributed by atoms with Crippen LogP contribution in [-0.4, -0.2) is 18.2 Å². The van der Waals surface area contributed by atoms with Gasteiger partial charge in [-0.15, -0.1) is 0 Å². The van der Waals surface area contributed by atoms with Gasteiger partial charge in [-0.3, -0.25) is 0 Å². The number of rotatable bonds is 3. The van der Waals surface area contributed by atoms with Crippen LogP contribution in [0.1, 0.15) is 10.6 Å². The molecule has 4 heteroatoms. The number of ether oxygens (including phenoxy) is 1. The first kappa shape index (κ1) is 10.3. The number of carbonyl (C=O) groups is 1. The van der Waals surface area contributed by atoms with E-state index < -0.39 is 5.97 Å². The summed E-state index contributed by atoms with van der Waals surface area (Å²) in [5, 5.41) is 8.73. The van der Waals surface area contributed by atoms with E-state index in [2.05, 4.69) is 0 Å². The molecule has 0 amide bonds. The van der Waals surface area contributed by atoms with Gasteiger partial charge in [0.05, 0.1) is 13.4 Å². The van der Waals surface area contributed by atoms with E-state index in [0.29, 0.717) is 0 Å². The van der Waals surface area contributed by atoms with Gasteiger partial charge in [0.1, 0.15) is 5.75 Å². The molecular weight excluding hydrogens is 208 g/mol. The third kappa shape index (κ3) is 1.91. The molecule has 0 aliphatic heterocycles. The van der Waals surface area contributed by atoms with Crippen LogP contribution in [0.3, 0.4) is 0 Å². The Labute approximate surface area is 92.1 Å². The largest absolute Gasteiger partial charge is 0.497 e. The van der Waals surface area contributed by atoms with E-state index in [0.717, 1.165) is 16.9 Å². The summed E-state index contributed by atoms with van der Waals surface area (Å²) in [5.41, 5.74) is 1.58. The van der Waals surface area contributed by atoms with Crippen LogP contribution in [0.15, 0.2) is 41.0 Å². The first-order chi connectivity index (χ1) is 7.70. The van der Waals surface area contributed by atoms with Gasteiger partial charge in [0, 0.05) is 5.56 Å². The Hall–Kier alpha value is -2.23. The third-order valence-corrected chi connectivity index (χ3v) is 2.21. The van der Waals surface area contributed by atoms with Gasteiger partial charge >= 0.3 is 5.97 Å². The molecule has 1 N–H and O–H groups in total. The predicted octanol–water partition coefficient (Wildman–Crippen LogP) is 2.65. The van der Waals surface area contributed by atoms with Gasteiger partial charge in [-0.05, 0) is 23.8 Å². The number of methoxy groups -OCH3 is 1. The van der Waals surface area contributed by atoms with Crippen LogP contribution >= 0.6 is 0 Å². The number of aromatic carboxylic acids is 1. The predicted molar refractivity (Wildman–Crippen MR) is 57.7 cm³/mol. The van der Waals surface area contributed by atoms with Crippen molar-refractivity contribution < 1.29 is 19.1 Å². The summed E-state index contributed by atoms with van der Waals surface area (Å²) >= 11 is 0. The molecule has 0 radical (unpaired) electrons. The van der Waals surface area contributed by atoms with Crippen LogP contribution in [0, 0.1) is 0 Å². The van der Waals surface area contributed by atoms with Gasteiger partial charge in [0.15, 0.2) is 0 Å². The Balaban J connectivity index is 2.38. The average molecular weight is 218 g/mol. The lowest BCUT2D eigenvalue weighted by molar-refractivity contribution is 0.0662. The second-order valence-electron chi connectivity index (χ2n) is 3.24. The normalized spacial score (nSPS) is 10.1. The van der Waals surface area contributed by atoms with E-state index in [4.69, 9.17) is 14.3 Å². The Bertz CT molecular complexity index is 513. The van der Waals surface area contributed by atoms with E-state index in [1.54, 1.807) is 7.11 Å². The van der Waals surface area contributed by atoms with Crippen molar-refractivity contribution in [1.82, 2.24) is 0 Å². The van der Waals surface area contributed by atoms with Crippen molar-refractivity contribution in [3.63, 3.8) is 0 Å². The molecule has 0 saturated carbocycles. The fourth-order valence-electron chi connectivity index (χ4n) is 1.40. The average Bonchev–Trinajstić information content (AvgIpc) is 2.78. The maximum absolute atomic E-state index is 10.7. The van der Waals surface area contributed by atoms with Gasteiger partial charge < -0.3 is 14.3 Å². The lowest BCUT2D eigenvalue weighted by Crippen LogP contribution is -1.91. The molecule has 1 aromatic heterocycles. The SMILES string of the molecule is COc1cccc(-c2coc(C(=O)O)c2)c1. The van der Waals surface area contributed by atoms with Crippen LogP contribution in [-0.2, 0) is 0 Å². The number of hydrogen-bond acceptors (Lipinski definition) is 3. The molecule has 0 aliphatic rings. The molecule has 1 heterocycles. The number of benzene rings is 1. The molecule has 0 fully saturated rings. The van der Waals surface area contributed by atoms with Crippen LogP contribution in [0.4, 0.5) is 0 Å². The van der Waals surface area contributed by atoms with E-state index in [1.807, 2.05) is 24.3 Å². The van der Waals surface area contributed by atoms with E-state index in [9.17, 15) is 4.79 Å². The first-order valence-corrected chi connectivity index (χ1v) is 4.67. The summed E-state index contributed by atoms with van der Waals surface area (Å²) < 4.78 is 10.00. The lowest BCUT2D eigenvalue weighted by Gasteiger charge is -2.01. The molecule has 16 heavy (non-hydrogen) atoms. The molecule has 2 rings (SSSR count). The number of carboxylic acids is 1. The third-order valence-electron chi connectivity index (χ3n) is 2.21. The zero-order valence-electron chi connectivity index (χ0n) is 8.64. The minimum absolute atomic E-state index is 0.0715. The number of carboxylic acid groups (broad SMARTS) is 1. The molecule has 1 aromatic carbocycles. The molecule has 0 unspecified atom stereocenters. The second kappa shape index (κ2) is 4.10. The summed E-state index contributed by atoms with van der Waals surface area (Å²) in [6.45, 7) is 0. The van der Waals surface area contributed by atoms with Crippen molar-refractivity contribution in [3.05, 3.63) is 42.4 Å². The Kier molecular flexibility index (Phi) is 2.64. The van der Waals surface area contributed by atoms with Crippen molar-refractivity contribution in [1.29, 1.82) is 0 Å². The minimum Gasteiger partial charge on any atom is -0.497 e. The highest BCUT2D eigenvalue weighted by atomic mass is 16.5. The highest BCUT2D eigenvalue weighted by Gasteiger charge is 2.10. The van der Waals surface area contributed by atoms with Crippen molar-refractivity contribution in [2.24, 2.45) is 0 Å². The Morgan fingerprint density at radius 1 is 1.31 bits per heavy atom.